The van der Waals surface area contributed by atoms with Gasteiger partial charge >= 0.3 is 0 Å². The van der Waals surface area contributed by atoms with Crippen molar-refractivity contribution in [3.63, 3.8) is 0 Å². The highest BCUT2D eigenvalue weighted by molar-refractivity contribution is 8.24. The first kappa shape index (κ1) is 14.5. The standard InChI is InChI=1S/C13H20N4O3S/c14-13-12-10(16-21(18,19)17-13)4-1-5-11(12)20-8-9-3-2-6-15-7-9/h1,4-5,9,15-16,18-19H,2-3,6-8H2,(H2,14,17). The maximum absolute atomic E-state index is 9.63. The van der Waals surface area contributed by atoms with E-state index >= 15 is 0 Å². The Labute approximate surface area is 125 Å². The van der Waals surface area contributed by atoms with Crippen LogP contribution in [0, 0.1) is 5.92 Å². The van der Waals surface area contributed by atoms with Gasteiger partial charge in [-0.05, 0) is 42.5 Å². The fourth-order valence-electron chi connectivity index (χ4n) is 2.63. The van der Waals surface area contributed by atoms with E-state index < -0.39 is 11.0 Å². The summed E-state index contributed by atoms with van der Waals surface area (Å²) in [4.78, 5) is 0. The molecule has 2 heterocycles. The molecule has 0 aromatic heterocycles. The lowest BCUT2D eigenvalue weighted by molar-refractivity contribution is 0.218. The van der Waals surface area contributed by atoms with E-state index in [1.807, 2.05) is 6.07 Å². The van der Waals surface area contributed by atoms with Gasteiger partial charge in [0.05, 0.1) is 17.9 Å². The summed E-state index contributed by atoms with van der Waals surface area (Å²) >= 11 is 0. The summed E-state index contributed by atoms with van der Waals surface area (Å²) in [5.74, 6) is 1.17. The average Bonchev–Trinajstić information content (AvgIpc) is 2.44. The predicted molar refractivity (Wildman–Crippen MR) is 84.7 cm³/mol. The molecular weight excluding hydrogens is 292 g/mol. The van der Waals surface area contributed by atoms with Crippen LogP contribution in [0.4, 0.5) is 5.69 Å². The first-order chi connectivity index (χ1) is 10.1. The van der Waals surface area contributed by atoms with E-state index in [0.29, 0.717) is 29.5 Å². The van der Waals surface area contributed by atoms with Crippen LogP contribution in [-0.4, -0.2) is 34.6 Å². The minimum absolute atomic E-state index is 0.0844. The summed E-state index contributed by atoms with van der Waals surface area (Å²) in [5, 5.41) is 3.35. The maximum atomic E-state index is 9.63. The van der Waals surface area contributed by atoms with Crippen LogP contribution in [0.2, 0.25) is 0 Å². The molecule has 0 bridgehead atoms. The normalized spacial score (nSPS) is 25.2. The van der Waals surface area contributed by atoms with Crippen LogP contribution < -0.4 is 20.5 Å². The molecule has 0 spiro atoms. The van der Waals surface area contributed by atoms with Gasteiger partial charge in [0.15, 0.2) is 5.84 Å². The van der Waals surface area contributed by atoms with Crippen LogP contribution in [0.25, 0.3) is 0 Å². The van der Waals surface area contributed by atoms with Crippen molar-refractivity contribution in [2.45, 2.75) is 12.8 Å². The first-order valence-corrected chi connectivity index (χ1v) is 8.44. The van der Waals surface area contributed by atoms with Crippen LogP contribution in [0.15, 0.2) is 22.6 Å². The molecule has 1 aromatic carbocycles. The molecule has 0 radical (unpaired) electrons. The Hall–Kier alpha value is -1.48. The molecule has 21 heavy (non-hydrogen) atoms. The lowest BCUT2D eigenvalue weighted by Gasteiger charge is -2.33. The Bertz CT molecular complexity index is 558. The van der Waals surface area contributed by atoms with Gasteiger partial charge in [-0.3, -0.25) is 13.8 Å². The summed E-state index contributed by atoms with van der Waals surface area (Å²) in [5.41, 5.74) is 6.97. The highest BCUT2D eigenvalue weighted by Gasteiger charge is 2.25. The van der Waals surface area contributed by atoms with Crippen molar-refractivity contribution in [3.05, 3.63) is 23.8 Å². The molecule has 7 nitrogen and oxygen atoms in total. The molecule has 1 aromatic rings. The quantitative estimate of drug-likeness (QED) is 0.581. The number of nitrogens with zero attached hydrogens (tertiary/aromatic N) is 1. The molecule has 0 aliphatic carbocycles. The predicted octanol–water partition coefficient (Wildman–Crippen LogP) is 1.78. The van der Waals surface area contributed by atoms with Gasteiger partial charge in [-0.2, -0.15) is 0 Å². The number of fused-ring (bicyclic) bond motifs is 1. The number of nitrogens with two attached hydrogens (primary N) is 1. The van der Waals surface area contributed by atoms with Gasteiger partial charge in [-0.25, -0.2) is 0 Å². The fraction of sp³-hybridized carbons (Fsp3) is 0.462. The number of nitrogens with one attached hydrogen (secondary N) is 2. The number of hydrogen-bond acceptors (Lipinski definition) is 7. The first-order valence-electron chi connectivity index (χ1n) is 6.93. The second-order valence-electron chi connectivity index (χ2n) is 5.30. The number of anilines is 1. The van der Waals surface area contributed by atoms with E-state index in [0.717, 1.165) is 25.9 Å². The average molecular weight is 312 g/mol. The molecule has 1 saturated heterocycles. The molecule has 116 valence electrons. The van der Waals surface area contributed by atoms with Gasteiger partial charge in [0.25, 0.3) is 0 Å². The lowest BCUT2D eigenvalue weighted by Crippen LogP contribution is -2.33. The topological polar surface area (TPSA) is 112 Å². The summed E-state index contributed by atoms with van der Waals surface area (Å²) in [6.07, 6.45) is 2.30. The van der Waals surface area contributed by atoms with Gasteiger partial charge in [0, 0.05) is 12.5 Å². The Balaban J connectivity index is 1.78. The van der Waals surface area contributed by atoms with Gasteiger partial charge in [-0.1, -0.05) is 6.07 Å². The molecule has 2 aliphatic rings. The molecule has 0 saturated carbocycles. The molecule has 8 heteroatoms. The second-order valence-corrected chi connectivity index (χ2v) is 6.72. The molecular formula is C13H20N4O3S. The number of ether oxygens (including phenoxy) is 1. The Morgan fingerprint density at radius 2 is 2.29 bits per heavy atom. The van der Waals surface area contributed by atoms with Crippen molar-refractivity contribution in [1.82, 2.24) is 5.32 Å². The Morgan fingerprint density at radius 3 is 3.05 bits per heavy atom. The SMILES string of the molecule is NC1=NS(O)(O)Nc2cccc(OCC3CCCNC3)c21. The van der Waals surface area contributed by atoms with E-state index in [2.05, 4.69) is 14.4 Å². The molecule has 6 N–H and O–H groups in total. The third-order valence-corrected chi connectivity index (χ3v) is 4.57. The van der Waals surface area contributed by atoms with Crippen molar-refractivity contribution in [2.75, 3.05) is 24.4 Å². The summed E-state index contributed by atoms with van der Waals surface area (Å²) in [6, 6.07) is 5.32. The van der Waals surface area contributed by atoms with Crippen molar-refractivity contribution in [3.8, 4) is 5.75 Å². The molecule has 1 unspecified atom stereocenters. The van der Waals surface area contributed by atoms with E-state index in [9.17, 15) is 9.11 Å². The highest BCUT2D eigenvalue weighted by atomic mass is 32.3. The molecule has 3 rings (SSSR count). The Morgan fingerprint density at radius 1 is 1.43 bits per heavy atom. The summed E-state index contributed by atoms with van der Waals surface area (Å²) in [6.45, 7) is 2.63. The number of hydrogen-bond donors (Lipinski definition) is 5. The van der Waals surface area contributed by atoms with E-state index in [-0.39, 0.29) is 5.84 Å². The number of benzene rings is 1. The third kappa shape index (κ3) is 3.24. The van der Waals surface area contributed by atoms with Crippen LogP contribution in [-0.2, 0) is 0 Å². The minimum atomic E-state index is -3.25. The maximum Gasteiger partial charge on any atom is 0.158 e. The third-order valence-electron chi connectivity index (χ3n) is 3.63. The zero-order valence-corrected chi connectivity index (χ0v) is 12.4. The molecule has 0 amide bonds. The monoisotopic (exact) mass is 312 g/mol. The molecule has 1 atom stereocenters. The molecule has 2 aliphatic heterocycles. The van der Waals surface area contributed by atoms with Crippen molar-refractivity contribution in [1.29, 1.82) is 0 Å². The lowest BCUT2D eigenvalue weighted by atomic mass is 10.0. The van der Waals surface area contributed by atoms with Crippen molar-refractivity contribution >= 4 is 22.5 Å². The summed E-state index contributed by atoms with van der Waals surface area (Å²) < 4.78 is 31.4. The van der Waals surface area contributed by atoms with Crippen LogP contribution in [0.1, 0.15) is 18.4 Å². The summed E-state index contributed by atoms with van der Waals surface area (Å²) in [7, 11) is -3.25. The number of amidine groups is 1. The Kier molecular flexibility index (Phi) is 3.94. The highest BCUT2D eigenvalue weighted by Crippen LogP contribution is 2.46. The fourth-order valence-corrected chi connectivity index (χ4v) is 3.50. The second kappa shape index (κ2) is 5.72. The minimum Gasteiger partial charge on any atom is -0.492 e. The van der Waals surface area contributed by atoms with Gasteiger partial charge in [-0.15, -0.1) is 4.40 Å². The van der Waals surface area contributed by atoms with Gasteiger partial charge in [0.1, 0.15) is 5.75 Å². The van der Waals surface area contributed by atoms with Gasteiger partial charge < -0.3 is 15.8 Å². The van der Waals surface area contributed by atoms with Gasteiger partial charge in [0.2, 0.25) is 0 Å². The number of piperidine rings is 1. The van der Waals surface area contributed by atoms with Crippen LogP contribution >= 0.6 is 11.0 Å². The largest absolute Gasteiger partial charge is 0.492 e. The van der Waals surface area contributed by atoms with E-state index in [1.54, 1.807) is 12.1 Å². The zero-order valence-electron chi connectivity index (χ0n) is 11.6. The smallest absolute Gasteiger partial charge is 0.158 e. The van der Waals surface area contributed by atoms with E-state index in [1.165, 1.54) is 0 Å². The molecule has 1 fully saturated rings. The number of rotatable bonds is 3. The van der Waals surface area contributed by atoms with Crippen molar-refractivity contribution < 1.29 is 13.8 Å². The van der Waals surface area contributed by atoms with E-state index in [4.69, 9.17) is 10.5 Å². The van der Waals surface area contributed by atoms with Crippen LogP contribution in [0.5, 0.6) is 5.75 Å². The van der Waals surface area contributed by atoms with Crippen molar-refractivity contribution in [2.24, 2.45) is 16.0 Å². The zero-order chi connectivity index (χ0) is 14.9. The van der Waals surface area contributed by atoms with Crippen LogP contribution in [0.3, 0.4) is 0 Å².